The highest BCUT2D eigenvalue weighted by molar-refractivity contribution is 5.86. The van der Waals surface area contributed by atoms with Gasteiger partial charge in [-0.05, 0) is 12.8 Å². The number of carbonyl (C=O) groups is 1. The van der Waals surface area contributed by atoms with E-state index in [-0.39, 0.29) is 17.7 Å². The lowest BCUT2D eigenvalue weighted by Crippen LogP contribution is -2.33. The standard InChI is InChI=1S/C14H29NO/c1-4-6-8-9-11-14(3,10-7-5-2)13(16)12-15/h4-12,15H2,1-3H3. The van der Waals surface area contributed by atoms with Gasteiger partial charge in [0, 0.05) is 5.41 Å². The molecule has 2 N–H and O–H groups in total. The average molecular weight is 227 g/mol. The normalized spacial score (nSPS) is 14.8. The summed E-state index contributed by atoms with van der Waals surface area (Å²) in [6.07, 6.45) is 9.25. The van der Waals surface area contributed by atoms with Crippen molar-refractivity contribution in [2.75, 3.05) is 6.54 Å². The molecule has 0 aliphatic carbocycles. The number of hydrogen-bond donors (Lipinski definition) is 1. The first-order chi connectivity index (χ1) is 7.60. The van der Waals surface area contributed by atoms with Crippen LogP contribution in [0, 0.1) is 5.41 Å². The highest BCUT2D eigenvalue weighted by Gasteiger charge is 2.30. The third-order valence-electron chi connectivity index (χ3n) is 3.52. The smallest absolute Gasteiger partial charge is 0.152 e. The summed E-state index contributed by atoms with van der Waals surface area (Å²) < 4.78 is 0. The Kier molecular flexibility index (Phi) is 8.54. The van der Waals surface area contributed by atoms with Crippen LogP contribution in [-0.4, -0.2) is 12.3 Å². The van der Waals surface area contributed by atoms with Crippen molar-refractivity contribution in [3.63, 3.8) is 0 Å². The van der Waals surface area contributed by atoms with Crippen molar-refractivity contribution in [1.29, 1.82) is 0 Å². The summed E-state index contributed by atoms with van der Waals surface area (Å²) in [5, 5.41) is 0. The van der Waals surface area contributed by atoms with Crippen LogP contribution in [0.2, 0.25) is 0 Å². The Morgan fingerprint density at radius 2 is 1.56 bits per heavy atom. The first-order valence-corrected chi connectivity index (χ1v) is 6.84. The quantitative estimate of drug-likeness (QED) is 0.578. The van der Waals surface area contributed by atoms with Crippen LogP contribution in [0.5, 0.6) is 0 Å². The van der Waals surface area contributed by atoms with E-state index in [2.05, 4.69) is 20.8 Å². The zero-order valence-corrected chi connectivity index (χ0v) is 11.3. The number of ketones is 1. The van der Waals surface area contributed by atoms with Crippen LogP contribution in [0.15, 0.2) is 0 Å². The highest BCUT2D eigenvalue weighted by atomic mass is 16.1. The molecule has 0 aliphatic rings. The van der Waals surface area contributed by atoms with Crippen LogP contribution < -0.4 is 5.73 Å². The van der Waals surface area contributed by atoms with Crippen molar-refractivity contribution >= 4 is 5.78 Å². The van der Waals surface area contributed by atoms with Crippen molar-refractivity contribution in [3.8, 4) is 0 Å². The van der Waals surface area contributed by atoms with Crippen molar-refractivity contribution in [1.82, 2.24) is 0 Å². The molecule has 0 aromatic carbocycles. The SMILES string of the molecule is CCCCCCC(C)(CCCC)C(=O)CN. The van der Waals surface area contributed by atoms with Gasteiger partial charge < -0.3 is 5.73 Å². The molecule has 0 rings (SSSR count). The number of rotatable bonds is 10. The van der Waals surface area contributed by atoms with Gasteiger partial charge in [-0.15, -0.1) is 0 Å². The molecule has 0 saturated carbocycles. The van der Waals surface area contributed by atoms with E-state index in [1.54, 1.807) is 0 Å². The molecule has 1 atom stereocenters. The Hall–Kier alpha value is -0.370. The molecule has 2 nitrogen and oxygen atoms in total. The number of carbonyl (C=O) groups excluding carboxylic acids is 1. The van der Waals surface area contributed by atoms with Crippen LogP contribution in [0.4, 0.5) is 0 Å². The molecule has 1 unspecified atom stereocenters. The summed E-state index contributed by atoms with van der Waals surface area (Å²) in [5.74, 6) is 0.248. The van der Waals surface area contributed by atoms with E-state index in [1.165, 1.54) is 25.7 Å². The molecule has 0 amide bonds. The molecule has 0 radical (unpaired) electrons. The summed E-state index contributed by atoms with van der Waals surface area (Å²) in [7, 11) is 0. The van der Waals surface area contributed by atoms with E-state index in [0.29, 0.717) is 0 Å². The van der Waals surface area contributed by atoms with E-state index in [1.807, 2.05) is 0 Å². The Morgan fingerprint density at radius 1 is 1.00 bits per heavy atom. The van der Waals surface area contributed by atoms with Gasteiger partial charge in [0.15, 0.2) is 5.78 Å². The molecule has 0 heterocycles. The second kappa shape index (κ2) is 8.74. The van der Waals surface area contributed by atoms with Crippen molar-refractivity contribution in [3.05, 3.63) is 0 Å². The summed E-state index contributed by atoms with van der Waals surface area (Å²) >= 11 is 0. The average Bonchev–Trinajstić information content (AvgIpc) is 2.31. The van der Waals surface area contributed by atoms with Crippen LogP contribution >= 0.6 is 0 Å². The number of unbranched alkanes of at least 4 members (excludes halogenated alkanes) is 4. The lowest BCUT2D eigenvalue weighted by atomic mass is 9.76. The molecule has 16 heavy (non-hydrogen) atoms. The van der Waals surface area contributed by atoms with E-state index in [9.17, 15) is 4.79 Å². The van der Waals surface area contributed by atoms with E-state index in [4.69, 9.17) is 5.73 Å². The van der Waals surface area contributed by atoms with Crippen molar-refractivity contribution in [2.24, 2.45) is 11.1 Å². The molecular formula is C14H29NO. The summed E-state index contributed by atoms with van der Waals surface area (Å²) in [6.45, 7) is 6.68. The second-order valence-electron chi connectivity index (χ2n) is 5.10. The van der Waals surface area contributed by atoms with Crippen LogP contribution in [-0.2, 0) is 4.79 Å². The maximum atomic E-state index is 11.9. The molecular weight excluding hydrogens is 198 g/mol. The highest BCUT2D eigenvalue weighted by Crippen LogP contribution is 2.31. The number of Topliss-reactive ketones (excluding diaryl/α,β-unsaturated/α-hetero) is 1. The Balaban J connectivity index is 4.13. The minimum Gasteiger partial charge on any atom is -0.324 e. The lowest BCUT2D eigenvalue weighted by molar-refractivity contribution is -0.127. The molecule has 0 aromatic heterocycles. The van der Waals surface area contributed by atoms with Gasteiger partial charge in [0.2, 0.25) is 0 Å². The van der Waals surface area contributed by atoms with Gasteiger partial charge in [0.1, 0.15) is 0 Å². The maximum absolute atomic E-state index is 11.9. The Labute approximate surface area is 101 Å². The summed E-state index contributed by atoms with van der Waals surface area (Å²) in [4.78, 5) is 11.9. The molecule has 0 saturated heterocycles. The number of nitrogens with two attached hydrogens (primary N) is 1. The first-order valence-electron chi connectivity index (χ1n) is 6.84. The third kappa shape index (κ3) is 5.64. The van der Waals surface area contributed by atoms with Gasteiger partial charge >= 0.3 is 0 Å². The second-order valence-corrected chi connectivity index (χ2v) is 5.10. The van der Waals surface area contributed by atoms with Crippen LogP contribution in [0.3, 0.4) is 0 Å². The maximum Gasteiger partial charge on any atom is 0.152 e. The minimum absolute atomic E-state index is 0.154. The van der Waals surface area contributed by atoms with Gasteiger partial charge in [-0.2, -0.15) is 0 Å². The first kappa shape index (κ1) is 15.6. The fourth-order valence-corrected chi connectivity index (χ4v) is 2.16. The van der Waals surface area contributed by atoms with Gasteiger partial charge in [0.25, 0.3) is 0 Å². The third-order valence-corrected chi connectivity index (χ3v) is 3.52. The molecule has 0 spiro atoms. The summed E-state index contributed by atoms with van der Waals surface area (Å²) in [6, 6.07) is 0. The molecule has 0 aliphatic heterocycles. The summed E-state index contributed by atoms with van der Waals surface area (Å²) in [5.41, 5.74) is 5.36. The van der Waals surface area contributed by atoms with Crippen molar-refractivity contribution in [2.45, 2.75) is 72.1 Å². The predicted octanol–water partition coefficient (Wildman–Crippen LogP) is 3.68. The molecule has 2 heteroatoms. The Bertz CT molecular complexity index is 191. The lowest BCUT2D eigenvalue weighted by Gasteiger charge is -2.27. The van der Waals surface area contributed by atoms with Crippen LogP contribution in [0.25, 0.3) is 0 Å². The fraction of sp³-hybridized carbons (Fsp3) is 0.929. The molecule has 96 valence electrons. The zero-order chi connectivity index (χ0) is 12.4. The largest absolute Gasteiger partial charge is 0.324 e. The van der Waals surface area contributed by atoms with Crippen molar-refractivity contribution < 1.29 is 4.79 Å². The number of hydrogen-bond acceptors (Lipinski definition) is 2. The van der Waals surface area contributed by atoms with E-state index < -0.39 is 0 Å². The molecule has 0 bridgehead atoms. The minimum atomic E-state index is -0.154. The van der Waals surface area contributed by atoms with E-state index in [0.717, 1.165) is 25.7 Å². The molecule has 0 aromatic rings. The molecule has 0 fully saturated rings. The Morgan fingerprint density at radius 3 is 2.06 bits per heavy atom. The van der Waals surface area contributed by atoms with Crippen LogP contribution in [0.1, 0.15) is 72.1 Å². The van der Waals surface area contributed by atoms with Gasteiger partial charge in [-0.25, -0.2) is 0 Å². The van der Waals surface area contributed by atoms with E-state index >= 15 is 0 Å². The predicted molar refractivity (Wildman–Crippen MR) is 70.5 cm³/mol. The van der Waals surface area contributed by atoms with Gasteiger partial charge in [0.05, 0.1) is 6.54 Å². The fourth-order valence-electron chi connectivity index (χ4n) is 2.16. The van der Waals surface area contributed by atoms with Gasteiger partial charge in [-0.1, -0.05) is 59.3 Å². The zero-order valence-electron chi connectivity index (χ0n) is 11.3. The van der Waals surface area contributed by atoms with Gasteiger partial charge in [-0.3, -0.25) is 4.79 Å². The monoisotopic (exact) mass is 227 g/mol. The topological polar surface area (TPSA) is 43.1 Å².